The summed E-state index contributed by atoms with van der Waals surface area (Å²) in [6, 6.07) is 59.9. The molecule has 9 aromatic rings. The minimum absolute atomic E-state index is 0.271. The number of hydrogen-bond donors (Lipinski definition) is 0. The molecular weight excluding hydrogens is 661 g/mol. The lowest BCUT2D eigenvalue weighted by Gasteiger charge is -2.25. The summed E-state index contributed by atoms with van der Waals surface area (Å²) in [5.41, 5.74) is 13.7. The van der Waals surface area contributed by atoms with Gasteiger partial charge >= 0.3 is 0 Å². The van der Waals surface area contributed by atoms with Crippen molar-refractivity contribution in [1.82, 2.24) is 14.8 Å². The van der Waals surface area contributed by atoms with Crippen LogP contribution in [0.15, 0.2) is 174 Å². The second kappa shape index (κ2) is 12.6. The fourth-order valence-corrected chi connectivity index (χ4v) is 8.25. The number of anilines is 3. The molecular formula is C49H36N4O. The van der Waals surface area contributed by atoms with Gasteiger partial charge < -0.3 is 13.9 Å². The van der Waals surface area contributed by atoms with Crippen LogP contribution in [0.4, 0.5) is 17.1 Å². The average Bonchev–Trinajstić information content (AvgIpc) is 3.90. The number of nitrogens with zero attached hydrogens (tertiary/aromatic N) is 4. The van der Waals surface area contributed by atoms with E-state index in [1.807, 2.05) is 24.3 Å². The van der Waals surface area contributed by atoms with Crippen molar-refractivity contribution in [3.63, 3.8) is 0 Å². The lowest BCUT2D eigenvalue weighted by molar-refractivity contribution is 0.557. The van der Waals surface area contributed by atoms with Gasteiger partial charge in [-0.15, -0.1) is 10.2 Å². The Hall–Kier alpha value is -6.98. The topological polar surface area (TPSA) is 47.1 Å². The largest absolute Gasteiger partial charge is 0.417 e. The lowest BCUT2D eigenvalue weighted by Crippen LogP contribution is -2.16. The van der Waals surface area contributed by atoms with Gasteiger partial charge in [0.1, 0.15) is 0 Å². The molecule has 0 saturated heterocycles. The number of rotatable bonds is 7. The lowest BCUT2D eigenvalue weighted by atomic mass is 9.81. The van der Waals surface area contributed by atoms with E-state index in [4.69, 9.17) is 4.42 Å². The van der Waals surface area contributed by atoms with Crippen LogP contribution < -0.4 is 4.90 Å². The highest BCUT2D eigenvalue weighted by Crippen LogP contribution is 2.53. The Morgan fingerprint density at radius 1 is 0.574 bits per heavy atom. The smallest absolute Gasteiger partial charge is 0.248 e. The number of fused-ring (bicyclic) bond motifs is 7. The van der Waals surface area contributed by atoms with Crippen molar-refractivity contribution in [3.8, 4) is 28.3 Å². The van der Waals surface area contributed by atoms with Gasteiger partial charge in [0.05, 0.1) is 11.0 Å². The quantitative estimate of drug-likeness (QED) is 0.166. The van der Waals surface area contributed by atoms with Crippen LogP contribution in [0.2, 0.25) is 0 Å². The SMILES string of the molecule is CC1(C)c2cc(-c3nnc(C=Cc4ccc(N(c5ccccc5)c5ccccc5)cc4)o3)ccc2-c2ccc3c4ccccc4n(-c4ccccc4)c3c21. The summed E-state index contributed by atoms with van der Waals surface area (Å²) in [5.74, 6) is 0.964. The molecule has 0 unspecified atom stereocenters. The van der Waals surface area contributed by atoms with E-state index in [-0.39, 0.29) is 5.41 Å². The molecule has 0 saturated carbocycles. The molecule has 5 nitrogen and oxygen atoms in total. The third-order valence-electron chi connectivity index (χ3n) is 10.7. The average molecular weight is 697 g/mol. The third-order valence-corrected chi connectivity index (χ3v) is 10.7. The van der Waals surface area contributed by atoms with Gasteiger partial charge in [-0.3, -0.25) is 0 Å². The molecule has 0 fully saturated rings. The summed E-state index contributed by atoms with van der Waals surface area (Å²) < 4.78 is 8.68. The van der Waals surface area contributed by atoms with E-state index >= 15 is 0 Å². The van der Waals surface area contributed by atoms with Gasteiger partial charge in [-0.25, -0.2) is 0 Å². The van der Waals surface area contributed by atoms with E-state index in [9.17, 15) is 0 Å². The molecule has 1 aliphatic carbocycles. The van der Waals surface area contributed by atoms with Gasteiger partial charge in [0.15, 0.2) is 0 Å². The number of aromatic nitrogens is 3. The van der Waals surface area contributed by atoms with Crippen molar-refractivity contribution in [1.29, 1.82) is 0 Å². The second-order valence-corrected chi connectivity index (χ2v) is 14.3. The Morgan fingerprint density at radius 2 is 1.20 bits per heavy atom. The Bertz CT molecular complexity index is 2790. The van der Waals surface area contributed by atoms with Crippen LogP contribution in [0.1, 0.15) is 36.4 Å². The predicted octanol–water partition coefficient (Wildman–Crippen LogP) is 12.8. The normalized spacial score (nSPS) is 13.1. The molecule has 0 aliphatic heterocycles. The molecule has 0 spiro atoms. The van der Waals surface area contributed by atoms with Crippen molar-refractivity contribution in [3.05, 3.63) is 192 Å². The van der Waals surface area contributed by atoms with Crippen molar-refractivity contribution in [2.45, 2.75) is 19.3 Å². The maximum absolute atomic E-state index is 6.24. The Labute approximate surface area is 314 Å². The highest BCUT2D eigenvalue weighted by Gasteiger charge is 2.39. The summed E-state index contributed by atoms with van der Waals surface area (Å²) in [6.45, 7) is 4.67. The molecule has 258 valence electrons. The van der Waals surface area contributed by atoms with E-state index in [1.54, 1.807) is 0 Å². The first-order chi connectivity index (χ1) is 26.5. The molecule has 0 amide bonds. The molecule has 7 aromatic carbocycles. The number of para-hydroxylation sites is 4. The second-order valence-electron chi connectivity index (χ2n) is 14.3. The molecule has 54 heavy (non-hydrogen) atoms. The summed E-state index contributed by atoms with van der Waals surface area (Å²) in [4.78, 5) is 2.25. The highest BCUT2D eigenvalue weighted by atomic mass is 16.4. The zero-order valence-corrected chi connectivity index (χ0v) is 30.0. The molecule has 0 atom stereocenters. The molecule has 0 N–H and O–H groups in total. The predicted molar refractivity (Wildman–Crippen MR) is 222 cm³/mol. The fraction of sp³-hybridized carbons (Fsp3) is 0.0612. The number of benzene rings is 7. The van der Waals surface area contributed by atoms with Crippen LogP contribution >= 0.6 is 0 Å². The highest BCUT2D eigenvalue weighted by molar-refractivity contribution is 6.13. The minimum Gasteiger partial charge on any atom is -0.417 e. The van der Waals surface area contributed by atoms with Crippen molar-refractivity contribution >= 4 is 51.0 Å². The molecule has 2 heterocycles. The zero-order chi connectivity index (χ0) is 36.2. The van der Waals surface area contributed by atoms with Crippen molar-refractivity contribution in [2.24, 2.45) is 0 Å². The summed E-state index contributed by atoms with van der Waals surface area (Å²) >= 11 is 0. The van der Waals surface area contributed by atoms with Crippen molar-refractivity contribution in [2.75, 3.05) is 4.90 Å². The Kier molecular flexibility index (Phi) is 7.41. The molecule has 0 radical (unpaired) electrons. The van der Waals surface area contributed by atoms with Crippen LogP contribution in [-0.2, 0) is 5.41 Å². The van der Waals surface area contributed by atoms with Gasteiger partial charge in [0.2, 0.25) is 11.8 Å². The molecule has 1 aliphatic rings. The van der Waals surface area contributed by atoms with Crippen LogP contribution in [0, 0.1) is 0 Å². The van der Waals surface area contributed by atoms with Gasteiger partial charge in [-0.05, 0) is 101 Å². The number of hydrogen-bond acceptors (Lipinski definition) is 4. The first-order valence-electron chi connectivity index (χ1n) is 18.3. The van der Waals surface area contributed by atoms with Gasteiger partial charge in [0.25, 0.3) is 0 Å². The van der Waals surface area contributed by atoms with Crippen LogP contribution in [0.3, 0.4) is 0 Å². The zero-order valence-electron chi connectivity index (χ0n) is 30.0. The summed E-state index contributed by atoms with van der Waals surface area (Å²) in [5, 5.41) is 11.4. The maximum atomic E-state index is 6.24. The maximum Gasteiger partial charge on any atom is 0.248 e. The van der Waals surface area contributed by atoms with Gasteiger partial charge in [-0.1, -0.05) is 117 Å². The summed E-state index contributed by atoms with van der Waals surface area (Å²) in [6.07, 6.45) is 3.89. The monoisotopic (exact) mass is 696 g/mol. The molecule has 10 rings (SSSR count). The standard InChI is InChI=1S/C49H36N4O/c1-49(2)43-32-34(25-28-39(43)41-29-30-42-40-20-12-13-21-44(40)53(47(42)46(41)49)37-18-10-5-11-19-37)48-51-50-45(54-48)31-24-33-22-26-38(27-23-33)52(35-14-6-3-7-15-35)36-16-8-4-9-17-36/h3-32H,1-2H3. The van der Waals surface area contributed by atoms with Crippen LogP contribution in [0.5, 0.6) is 0 Å². The Morgan fingerprint density at radius 3 is 1.93 bits per heavy atom. The fourth-order valence-electron chi connectivity index (χ4n) is 8.25. The Balaban J connectivity index is 0.957. The van der Waals surface area contributed by atoms with Gasteiger partial charge in [-0.2, -0.15) is 0 Å². The van der Waals surface area contributed by atoms with E-state index in [0.717, 1.165) is 33.9 Å². The molecule has 2 aromatic heterocycles. The van der Waals surface area contributed by atoms with Crippen LogP contribution in [0.25, 0.3) is 62.2 Å². The third kappa shape index (κ3) is 5.16. The van der Waals surface area contributed by atoms with Crippen molar-refractivity contribution < 1.29 is 4.42 Å². The van der Waals surface area contributed by atoms with Gasteiger partial charge in [0, 0.05) is 50.6 Å². The van der Waals surface area contributed by atoms with E-state index in [2.05, 4.69) is 191 Å². The summed E-state index contributed by atoms with van der Waals surface area (Å²) in [7, 11) is 0. The first-order valence-corrected chi connectivity index (χ1v) is 18.3. The minimum atomic E-state index is -0.271. The first kappa shape index (κ1) is 31.7. The van der Waals surface area contributed by atoms with Crippen LogP contribution in [-0.4, -0.2) is 14.8 Å². The van der Waals surface area contributed by atoms with E-state index < -0.39 is 0 Å². The molecule has 5 heteroatoms. The van der Waals surface area contributed by atoms with E-state index in [0.29, 0.717) is 11.8 Å². The van der Waals surface area contributed by atoms with E-state index in [1.165, 1.54) is 44.1 Å². The molecule has 0 bridgehead atoms.